The molecule has 0 saturated heterocycles. The average molecular weight is 309 g/mol. The number of aliphatic imine (C=N–C) groups is 2. The molecule has 1 aromatic heterocycles. The summed E-state index contributed by atoms with van der Waals surface area (Å²) in [4.78, 5) is 18.3. The fourth-order valence-corrected chi connectivity index (χ4v) is 2.95. The lowest BCUT2D eigenvalue weighted by Crippen LogP contribution is -2.30. The second-order valence-electron chi connectivity index (χ2n) is 6.98. The maximum Gasteiger partial charge on any atom is 0.230 e. The smallest absolute Gasteiger partial charge is 0.230 e. The summed E-state index contributed by atoms with van der Waals surface area (Å²) in [7, 11) is 0. The second kappa shape index (κ2) is 5.41. The zero-order chi connectivity index (χ0) is 16.8. The molecular weight excluding hydrogens is 286 g/mol. The van der Waals surface area contributed by atoms with Crippen LogP contribution in [-0.4, -0.2) is 27.2 Å². The number of aryl methyl sites for hydroxylation is 3. The Hall–Kier alpha value is -2.30. The molecule has 0 spiro atoms. The molecule has 120 valence electrons. The Kier molecular flexibility index (Phi) is 3.66. The third kappa shape index (κ3) is 3.23. The molecule has 1 N–H and O–H groups in total. The average Bonchev–Trinajstić information content (AvgIpc) is 2.38. The van der Waals surface area contributed by atoms with Gasteiger partial charge in [-0.2, -0.15) is 0 Å². The van der Waals surface area contributed by atoms with Gasteiger partial charge in [-0.1, -0.05) is 0 Å². The van der Waals surface area contributed by atoms with E-state index in [-0.39, 0.29) is 5.54 Å². The van der Waals surface area contributed by atoms with E-state index in [2.05, 4.69) is 65.1 Å². The summed E-state index contributed by atoms with van der Waals surface area (Å²) in [6.45, 7) is 12.4. The normalized spacial score (nSPS) is 17.0. The van der Waals surface area contributed by atoms with Crippen LogP contribution in [0.2, 0.25) is 0 Å². The fourth-order valence-electron chi connectivity index (χ4n) is 2.95. The van der Waals surface area contributed by atoms with E-state index in [0.717, 1.165) is 28.7 Å². The topological polar surface area (TPSA) is 62.5 Å². The van der Waals surface area contributed by atoms with Crippen molar-refractivity contribution in [3.63, 3.8) is 0 Å². The van der Waals surface area contributed by atoms with Gasteiger partial charge in [-0.15, -0.1) is 0 Å². The van der Waals surface area contributed by atoms with Crippen molar-refractivity contribution in [2.75, 3.05) is 5.32 Å². The summed E-state index contributed by atoms with van der Waals surface area (Å²) in [5.74, 6) is 1.13. The van der Waals surface area contributed by atoms with Gasteiger partial charge in [0.25, 0.3) is 0 Å². The van der Waals surface area contributed by atoms with Crippen molar-refractivity contribution in [2.45, 2.75) is 53.5 Å². The van der Waals surface area contributed by atoms with Crippen LogP contribution in [0.25, 0.3) is 10.9 Å². The number of benzene rings is 1. The van der Waals surface area contributed by atoms with Gasteiger partial charge in [-0.3, -0.25) is 5.32 Å². The molecule has 23 heavy (non-hydrogen) atoms. The van der Waals surface area contributed by atoms with Crippen molar-refractivity contribution >= 4 is 28.5 Å². The molecule has 3 rings (SSSR count). The molecular formula is C18H23N5. The van der Waals surface area contributed by atoms with E-state index in [9.17, 15) is 0 Å². The molecule has 5 heteroatoms. The molecule has 0 radical (unpaired) electrons. The van der Waals surface area contributed by atoms with E-state index in [1.165, 1.54) is 11.1 Å². The Morgan fingerprint density at radius 3 is 2.39 bits per heavy atom. The van der Waals surface area contributed by atoms with E-state index in [4.69, 9.17) is 0 Å². The van der Waals surface area contributed by atoms with Crippen LogP contribution in [0.4, 0.5) is 5.95 Å². The predicted molar refractivity (Wildman–Crippen MR) is 96.6 cm³/mol. The van der Waals surface area contributed by atoms with E-state index in [1.54, 1.807) is 0 Å². The molecule has 0 saturated carbocycles. The van der Waals surface area contributed by atoms with Crippen molar-refractivity contribution in [1.82, 2.24) is 9.97 Å². The number of rotatable bonds is 1. The molecule has 0 atom stereocenters. The highest BCUT2D eigenvalue weighted by molar-refractivity contribution is 6.04. The third-order valence-corrected chi connectivity index (χ3v) is 4.12. The number of hydrogen-bond donors (Lipinski definition) is 1. The molecule has 5 nitrogen and oxygen atoms in total. The van der Waals surface area contributed by atoms with Crippen molar-refractivity contribution in [3.05, 3.63) is 29.0 Å². The first-order valence-corrected chi connectivity index (χ1v) is 7.90. The van der Waals surface area contributed by atoms with Crippen LogP contribution in [0.15, 0.2) is 22.1 Å². The molecule has 1 aliphatic rings. The second-order valence-corrected chi connectivity index (χ2v) is 6.98. The van der Waals surface area contributed by atoms with Gasteiger partial charge in [0.2, 0.25) is 11.9 Å². The van der Waals surface area contributed by atoms with Gasteiger partial charge in [0, 0.05) is 17.5 Å². The van der Waals surface area contributed by atoms with Gasteiger partial charge in [0.05, 0.1) is 16.7 Å². The predicted octanol–water partition coefficient (Wildman–Crippen LogP) is 3.97. The van der Waals surface area contributed by atoms with Gasteiger partial charge in [0.1, 0.15) is 0 Å². The third-order valence-electron chi connectivity index (χ3n) is 4.12. The number of hydrogen-bond acceptors (Lipinski definition) is 5. The lowest BCUT2D eigenvalue weighted by Gasteiger charge is -2.24. The van der Waals surface area contributed by atoms with Gasteiger partial charge in [-0.25, -0.2) is 20.0 Å². The molecule has 0 unspecified atom stereocenters. The monoisotopic (exact) mass is 309 g/mol. The van der Waals surface area contributed by atoms with Crippen molar-refractivity contribution < 1.29 is 0 Å². The maximum absolute atomic E-state index is 4.64. The largest absolute Gasteiger partial charge is 0.293 e. The van der Waals surface area contributed by atoms with Crippen LogP contribution in [-0.2, 0) is 0 Å². The first-order valence-electron chi connectivity index (χ1n) is 7.90. The molecule has 2 heterocycles. The minimum absolute atomic E-state index is 0.145. The van der Waals surface area contributed by atoms with E-state index in [1.807, 2.05) is 13.8 Å². The highest BCUT2D eigenvalue weighted by Crippen LogP contribution is 2.23. The summed E-state index contributed by atoms with van der Waals surface area (Å²) < 4.78 is 0. The summed E-state index contributed by atoms with van der Waals surface area (Å²) in [6.07, 6.45) is 0.869. The Morgan fingerprint density at radius 1 is 1.00 bits per heavy atom. The summed E-state index contributed by atoms with van der Waals surface area (Å²) >= 11 is 0. The fraction of sp³-hybridized carbons (Fsp3) is 0.444. The highest BCUT2D eigenvalue weighted by atomic mass is 15.2. The van der Waals surface area contributed by atoms with Gasteiger partial charge in [0.15, 0.2) is 0 Å². The zero-order valence-electron chi connectivity index (χ0n) is 14.7. The van der Waals surface area contributed by atoms with Crippen LogP contribution in [0.1, 0.15) is 44.0 Å². The molecule has 1 aliphatic heterocycles. The van der Waals surface area contributed by atoms with E-state index < -0.39 is 0 Å². The van der Waals surface area contributed by atoms with Gasteiger partial charge in [-0.05, 0) is 64.8 Å². The Labute approximate surface area is 137 Å². The number of aromatic nitrogens is 2. The molecule has 0 bridgehead atoms. The number of guanidine groups is 1. The molecule has 1 aromatic carbocycles. The molecule has 0 aliphatic carbocycles. The molecule has 2 aromatic rings. The van der Waals surface area contributed by atoms with Crippen LogP contribution in [0.3, 0.4) is 0 Å². The van der Waals surface area contributed by atoms with E-state index in [0.29, 0.717) is 11.9 Å². The van der Waals surface area contributed by atoms with Crippen LogP contribution in [0.5, 0.6) is 0 Å². The van der Waals surface area contributed by atoms with Crippen LogP contribution < -0.4 is 5.32 Å². The highest BCUT2D eigenvalue weighted by Gasteiger charge is 2.23. The number of anilines is 1. The lowest BCUT2D eigenvalue weighted by molar-refractivity contribution is 0.538. The Bertz CT molecular complexity index is 846. The van der Waals surface area contributed by atoms with Gasteiger partial charge >= 0.3 is 0 Å². The Balaban J connectivity index is 2.01. The summed E-state index contributed by atoms with van der Waals surface area (Å²) in [5, 5.41) is 4.26. The summed E-state index contributed by atoms with van der Waals surface area (Å²) in [5.41, 5.74) is 5.30. The van der Waals surface area contributed by atoms with Gasteiger partial charge < -0.3 is 0 Å². The van der Waals surface area contributed by atoms with Crippen LogP contribution >= 0.6 is 0 Å². The first-order chi connectivity index (χ1) is 10.7. The number of nitrogens with one attached hydrogen (secondary N) is 1. The molecule has 0 fully saturated rings. The zero-order valence-corrected chi connectivity index (χ0v) is 14.7. The van der Waals surface area contributed by atoms with Crippen LogP contribution in [0, 0.1) is 20.8 Å². The number of fused-ring (bicyclic) bond motifs is 1. The minimum atomic E-state index is -0.145. The molecule has 0 amide bonds. The maximum atomic E-state index is 4.64. The lowest BCUT2D eigenvalue weighted by atomic mass is 9.98. The first kappa shape index (κ1) is 15.6. The van der Waals surface area contributed by atoms with Crippen molar-refractivity contribution in [2.24, 2.45) is 9.98 Å². The van der Waals surface area contributed by atoms with Crippen molar-refractivity contribution in [3.8, 4) is 0 Å². The number of nitrogens with zero attached hydrogens (tertiary/aromatic N) is 4. The standard InChI is InChI=1S/C18H23N5/c1-10-7-14-13(4)20-16(21-15(14)8-11(10)2)22-17-19-12(3)9-18(5,6)23-17/h7-8H,9H2,1-6H3,(H,20,21,22,23). The summed E-state index contributed by atoms with van der Waals surface area (Å²) in [6, 6.07) is 4.25. The van der Waals surface area contributed by atoms with Crippen molar-refractivity contribution in [1.29, 1.82) is 0 Å². The van der Waals surface area contributed by atoms with E-state index >= 15 is 0 Å². The Morgan fingerprint density at radius 2 is 1.70 bits per heavy atom. The SMILES string of the molecule is CC1=NC(Nc2nc(C)c3cc(C)c(C)cc3n2)=NC(C)(C)C1. The quantitative estimate of drug-likeness (QED) is 0.867. The minimum Gasteiger partial charge on any atom is -0.293 e.